The van der Waals surface area contributed by atoms with E-state index in [0.29, 0.717) is 33.5 Å². The van der Waals surface area contributed by atoms with E-state index >= 15 is 0 Å². The summed E-state index contributed by atoms with van der Waals surface area (Å²) in [4.78, 5) is 49.7. The number of carbonyl (C=O) groups excluding carboxylic acids is 3. The van der Waals surface area contributed by atoms with Crippen molar-refractivity contribution < 1.29 is 18.8 Å². The fourth-order valence-electron chi connectivity index (χ4n) is 6.77. The molecule has 0 bridgehead atoms. The lowest BCUT2D eigenvalue weighted by atomic mass is 9.64. The summed E-state index contributed by atoms with van der Waals surface area (Å²) >= 11 is 0. The molecule has 190 valence electrons. The Balaban J connectivity index is 1.54. The number of pyridine rings is 1. The van der Waals surface area contributed by atoms with Gasteiger partial charge in [-0.25, -0.2) is 4.39 Å². The number of rotatable bonds is 3. The number of nitrogens with zero attached hydrogens (tertiary/aromatic N) is 2. The first kappa shape index (κ1) is 23.4. The number of hydrogen-bond donors (Lipinski definition) is 0. The van der Waals surface area contributed by atoms with Crippen LogP contribution in [0.5, 0.6) is 0 Å². The lowest BCUT2D eigenvalue weighted by Gasteiger charge is -2.37. The van der Waals surface area contributed by atoms with Crippen LogP contribution in [-0.4, -0.2) is 34.4 Å². The van der Waals surface area contributed by atoms with Gasteiger partial charge in [-0.15, -0.1) is 0 Å². The largest absolute Gasteiger partial charge is 0.352 e. The van der Waals surface area contributed by atoms with Crippen LogP contribution >= 0.6 is 0 Å². The maximum absolute atomic E-state index is 14.5. The van der Waals surface area contributed by atoms with E-state index in [0.717, 1.165) is 5.56 Å². The van der Waals surface area contributed by atoms with Crippen LogP contribution in [0.3, 0.4) is 0 Å². The van der Waals surface area contributed by atoms with Gasteiger partial charge in [0.05, 0.1) is 6.04 Å². The summed E-state index contributed by atoms with van der Waals surface area (Å²) in [7, 11) is 0. The molecule has 3 atom stereocenters. The van der Waals surface area contributed by atoms with E-state index in [-0.39, 0.29) is 17.3 Å². The zero-order valence-electron chi connectivity index (χ0n) is 21.0. The highest BCUT2D eigenvalue weighted by Gasteiger charge is 2.71. The minimum absolute atomic E-state index is 0.215. The summed E-state index contributed by atoms with van der Waals surface area (Å²) in [5.41, 5.74) is 2.43. The maximum Gasteiger partial charge on any atom is 0.185 e. The van der Waals surface area contributed by atoms with Gasteiger partial charge >= 0.3 is 0 Å². The van der Waals surface area contributed by atoms with E-state index in [1.165, 1.54) is 12.1 Å². The second kappa shape index (κ2) is 8.40. The van der Waals surface area contributed by atoms with E-state index in [2.05, 4.69) is 4.98 Å². The normalized spacial score (nSPS) is 22.1. The zero-order valence-corrected chi connectivity index (χ0v) is 21.0. The molecule has 1 saturated heterocycles. The predicted molar refractivity (Wildman–Crippen MR) is 146 cm³/mol. The molecule has 3 aliphatic rings. The average molecular weight is 515 g/mol. The Morgan fingerprint density at radius 1 is 0.923 bits per heavy atom. The molecule has 1 spiro atoms. The second-order valence-electron chi connectivity index (χ2n) is 10.4. The van der Waals surface area contributed by atoms with Crippen LogP contribution in [0.2, 0.25) is 0 Å². The number of halogens is 1. The lowest BCUT2D eigenvalue weighted by Crippen LogP contribution is -2.48. The first-order chi connectivity index (χ1) is 18.9. The molecule has 0 radical (unpaired) electrons. The van der Waals surface area contributed by atoms with Crippen molar-refractivity contribution in [3.8, 4) is 0 Å². The Morgan fingerprint density at radius 3 is 2.31 bits per heavy atom. The quantitative estimate of drug-likeness (QED) is 0.254. The number of aryl methyl sites for hydroxylation is 1. The molecule has 3 heterocycles. The molecule has 7 rings (SSSR count). The van der Waals surface area contributed by atoms with Crippen molar-refractivity contribution in [2.75, 3.05) is 4.90 Å². The van der Waals surface area contributed by atoms with Crippen molar-refractivity contribution in [3.05, 3.63) is 137 Å². The van der Waals surface area contributed by atoms with Crippen molar-refractivity contribution in [3.63, 3.8) is 0 Å². The van der Waals surface area contributed by atoms with E-state index in [9.17, 15) is 18.8 Å². The summed E-state index contributed by atoms with van der Waals surface area (Å²) in [5.74, 6) is -2.06. The molecule has 4 aromatic rings. The molecule has 1 aromatic heterocycles. The van der Waals surface area contributed by atoms with Gasteiger partial charge in [0.25, 0.3) is 0 Å². The van der Waals surface area contributed by atoms with Gasteiger partial charge in [0, 0.05) is 46.3 Å². The fourth-order valence-corrected chi connectivity index (χ4v) is 6.77. The average Bonchev–Trinajstić information content (AvgIpc) is 3.39. The predicted octanol–water partition coefficient (Wildman–Crippen LogP) is 5.85. The number of Topliss-reactive ketones (excluding diaryl/α,β-unsaturated/α-hetero) is 3. The third-order valence-electron chi connectivity index (χ3n) is 8.41. The molecule has 0 saturated carbocycles. The van der Waals surface area contributed by atoms with Gasteiger partial charge in [-0.3, -0.25) is 19.4 Å². The van der Waals surface area contributed by atoms with Crippen LogP contribution in [0.1, 0.15) is 53.7 Å². The van der Waals surface area contributed by atoms with E-state index in [1.54, 1.807) is 73.1 Å². The number of fused-ring (bicyclic) bond motifs is 5. The Hall–Kier alpha value is -4.71. The fraction of sp³-hybridized carbons (Fsp3) is 0.152. The van der Waals surface area contributed by atoms with Gasteiger partial charge < -0.3 is 4.90 Å². The Morgan fingerprint density at radius 2 is 1.64 bits per heavy atom. The highest BCUT2D eigenvalue weighted by atomic mass is 19.1. The molecule has 2 aliphatic heterocycles. The minimum atomic E-state index is -1.60. The SMILES string of the molecule is Cc1ccc(C(=O)[C@@H]2[C@H](c3cccnc3)C3(C(=O)c4ccccc4C3=O)[C@@H]3C=Cc4cc(F)ccc4N23)cc1. The maximum atomic E-state index is 14.5. The molecule has 6 heteroatoms. The van der Waals surface area contributed by atoms with E-state index in [4.69, 9.17) is 0 Å². The number of anilines is 1. The lowest BCUT2D eigenvalue weighted by molar-refractivity contribution is 0.0666. The van der Waals surface area contributed by atoms with E-state index in [1.807, 2.05) is 30.0 Å². The number of carbonyl (C=O) groups is 3. The van der Waals surface area contributed by atoms with Gasteiger partial charge in [0.1, 0.15) is 17.3 Å². The molecule has 1 aliphatic carbocycles. The molecule has 0 amide bonds. The molecule has 39 heavy (non-hydrogen) atoms. The van der Waals surface area contributed by atoms with Crippen LogP contribution in [-0.2, 0) is 0 Å². The number of hydrogen-bond acceptors (Lipinski definition) is 5. The Labute approximate surface area is 224 Å². The third-order valence-corrected chi connectivity index (χ3v) is 8.41. The third kappa shape index (κ3) is 3.12. The van der Waals surface area contributed by atoms with Gasteiger partial charge in [-0.05, 0) is 36.8 Å². The number of benzene rings is 3. The van der Waals surface area contributed by atoms with Crippen molar-refractivity contribution in [2.24, 2.45) is 5.41 Å². The van der Waals surface area contributed by atoms with Crippen molar-refractivity contribution in [1.29, 1.82) is 0 Å². The van der Waals surface area contributed by atoms with Gasteiger partial charge in [-0.2, -0.15) is 0 Å². The van der Waals surface area contributed by atoms with Gasteiger partial charge in [0.2, 0.25) is 0 Å². The first-order valence-electron chi connectivity index (χ1n) is 12.9. The highest BCUT2D eigenvalue weighted by molar-refractivity contribution is 6.32. The topological polar surface area (TPSA) is 67.3 Å². The first-order valence-corrected chi connectivity index (χ1v) is 12.9. The molecular weight excluding hydrogens is 491 g/mol. The molecule has 3 aromatic carbocycles. The Kier molecular flexibility index (Phi) is 5.04. The number of ketones is 3. The zero-order chi connectivity index (χ0) is 26.9. The molecule has 5 nitrogen and oxygen atoms in total. The molecule has 0 unspecified atom stereocenters. The highest BCUT2D eigenvalue weighted by Crippen LogP contribution is 2.60. The number of aromatic nitrogens is 1. The van der Waals surface area contributed by atoms with E-state index < -0.39 is 29.2 Å². The van der Waals surface area contributed by atoms with Crippen LogP contribution in [0.25, 0.3) is 6.08 Å². The summed E-state index contributed by atoms with van der Waals surface area (Å²) in [6.07, 6.45) is 6.80. The van der Waals surface area contributed by atoms with Crippen molar-refractivity contribution in [2.45, 2.75) is 24.9 Å². The van der Waals surface area contributed by atoms with Crippen molar-refractivity contribution in [1.82, 2.24) is 4.98 Å². The summed E-state index contributed by atoms with van der Waals surface area (Å²) in [6, 6.07) is 20.4. The monoisotopic (exact) mass is 514 g/mol. The minimum Gasteiger partial charge on any atom is -0.352 e. The van der Waals surface area contributed by atoms with Crippen LogP contribution in [0.4, 0.5) is 10.1 Å². The Bertz CT molecular complexity index is 1680. The standard InChI is InChI=1S/C33H23FN2O3/c1-19-8-10-20(11-9-19)30(37)29-28(22-5-4-16-35-18-22)33(31(38)24-6-2-3-7-25(24)32(33)39)27-15-12-21-17-23(34)13-14-26(21)36(27)29/h2-18,27-29H,1H3/t27-,28-,29-/m0/s1. The van der Waals surface area contributed by atoms with Crippen LogP contribution in [0.15, 0.2) is 97.3 Å². The summed E-state index contributed by atoms with van der Waals surface area (Å²) in [6.45, 7) is 1.95. The van der Waals surface area contributed by atoms with Gasteiger partial charge in [0.15, 0.2) is 17.3 Å². The van der Waals surface area contributed by atoms with Crippen LogP contribution in [0, 0.1) is 18.2 Å². The molecule has 1 fully saturated rings. The van der Waals surface area contributed by atoms with Gasteiger partial charge in [-0.1, -0.05) is 72.3 Å². The molecular formula is C33H23FN2O3. The molecule has 0 N–H and O–H groups in total. The summed E-state index contributed by atoms with van der Waals surface area (Å²) in [5, 5.41) is 0. The second-order valence-corrected chi connectivity index (χ2v) is 10.4. The van der Waals surface area contributed by atoms with Crippen molar-refractivity contribution >= 4 is 29.1 Å². The van der Waals surface area contributed by atoms with Crippen LogP contribution < -0.4 is 4.90 Å². The summed E-state index contributed by atoms with van der Waals surface area (Å²) < 4.78 is 14.3. The smallest absolute Gasteiger partial charge is 0.185 e.